The van der Waals surface area contributed by atoms with E-state index in [2.05, 4.69) is 26.2 Å². The van der Waals surface area contributed by atoms with Crippen LogP contribution in [0.3, 0.4) is 0 Å². The summed E-state index contributed by atoms with van der Waals surface area (Å²) < 4.78 is 0. The fourth-order valence-electron chi connectivity index (χ4n) is 2.78. The van der Waals surface area contributed by atoms with E-state index in [4.69, 9.17) is 0 Å². The minimum atomic E-state index is -0.505. The number of anilines is 2. The minimum Gasteiger partial charge on any atom is -0.410 e. The maximum absolute atomic E-state index is 10.8. The summed E-state index contributed by atoms with van der Waals surface area (Å²) in [6.45, 7) is 1.60. The molecule has 3 rings (SSSR count). The molecule has 0 radical (unpaired) electrons. The van der Waals surface area contributed by atoms with Crippen molar-refractivity contribution in [3.8, 4) is 0 Å². The Morgan fingerprint density at radius 2 is 1.24 bits per heavy atom. The first-order chi connectivity index (χ1) is 16.4. The summed E-state index contributed by atoms with van der Waals surface area (Å²) in [5, 5.41) is 43.3. The molecule has 0 atom stereocenters. The van der Waals surface area contributed by atoms with E-state index in [0.717, 1.165) is 0 Å². The van der Waals surface area contributed by atoms with E-state index >= 15 is 0 Å². The van der Waals surface area contributed by atoms with Gasteiger partial charge in [-0.2, -0.15) is 10.2 Å². The number of hydrazone groups is 2. The van der Waals surface area contributed by atoms with Gasteiger partial charge in [-0.1, -0.05) is 35.5 Å². The topological polar surface area (TPSA) is 168 Å². The van der Waals surface area contributed by atoms with Crippen LogP contribution in [0.15, 0.2) is 94.2 Å². The van der Waals surface area contributed by atoms with Gasteiger partial charge in [0.1, 0.15) is 5.71 Å². The van der Waals surface area contributed by atoms with Gasteiger partial charge in [0.05, 0.1) is 26.9 Å². The molecule has 0 fully saturated rings. The molecule has 0 saturated carbocycles. The summed E-state index contributed by atoms with van der Waals surface area (Å²) in [5.41, 5.74) is 7.62. The highest BCUT2D eigenvalue weighted by atomic mass is 16.6. The molecule has 12 nitrogen and oxygen atoms in total. The zero-order chi connectivity index (χ0) is 24.5. The normalized spacial score (nSPS) is 12.2. The van der Waals surface area contributed by atoms with Gasteiger partial charge in [0.15, 0.2) is 5.71 Å². The number of nitro groups is 2. The van der Waals surface area contributed by atoms with Gasteiger partial charge in [0.25, 0.3) is 11.4 Å². The maximum Gasteiger partial charge on any atom is 0.269 e. The SMILES string of the molecule is CC(=N/Nc1ccc([N+](=O)[O-])cc1)/C(=N\O)C(=N\Nc1ccc([N+](=O)[O-])cc1)/c1ccccc1. The fourth-order valence-corrected chi connectivity index (χ4v) is 2.78. The number of nitro benzene ring substituents is 2. The molecule has 172 valence electrons. The molecule has 3 aromatic carbocycles. The van der Waals surface area contributed by atoms with Crippen LogP contribution < -0.4 is 10.9 Å². The molecular weight excluding hydrogens is 442 g/mol. The molecule has 0 bridgehead atoms. The second-order valence-corrected chi connectivity index (χ2v) is 6.80. The van der Waals surface area contributed by atoms with Crippen molar-refractivity contribution < 1.29 is 15.1 Å². The zero-order valence-electron chi connectivity index (χ0n) is 17.8. The monoisotopic (exact) mass is 461 g/mol. The van der Waals surface area contributed by atoms with Crippen molar-refractivity contribution in [2.24, 2.45) is 15.4 Å². The van der Waals surface area contributed by atoms with Gasteiger partial charge < -0.3 is 5.21 Å². The molecular formula is C22H19N7O5. The van der Waals surface area contributed by atoms with Crippen molar-refractivity contribution in [3.05, 3.63) is 105 Å². The first-order valence-electron chi connectivity index (χ1n) is 9.80. The van der Waals surface area contributed by atoms with E-state index in [9.17, 15) is 25.4 Å². The molecule has 34 heavy (non-hydrogen) atoms. The minimum absolute atomic E-state index is 0.0509. The lowest BCUT2D eigenvalue weighted by molar-refractivity contribution is -0.385. The first-order valence-corrected chi connectivity index (χ1v) is 9.80. The van der Waals surface area contributed by atoms with Crippen LogP contribution >= 0.6 is 0 Å². The van der Waals surface area contributed by atoms with Crippen molar-refractivity contribution in [1.82, 2.24) is 0 Å². The van der Waals surface area contributed by atoms with Crippen LogP contribution in [0.1, 0.15) is 12.5 Å². The number of nitrogens with one attached hydrogen (secondary N) is 2. The van der Waals surface area contributed by atoms with E-state index in [-0.39, 0.29) is 28.5 Å². The highest BCUT2D eigenvalue weighted by molar-refractivity contribution is 6.71. The summed E-state index contributed by atoms with van der Waals surface area (Å²) in [7, 11) is 0. The van der Waals surface area contributed by atoms with Crippen LogP contribution in [-0.2, 0) is 0 Å². The molecule has 0 heterocycles. The molecule has 0 aromatic heterocycles. The van der Waals surface area contributed by atoms with Crippen molar-refractivity contribution in [2.45, 2.75) is 6.92 Å². The van der Waals surface area contributed by atoms with Crippen molar-refractivity contribution in [3.63, 3.8) is 0 Å². The number of oxime groups is 1. The molecule has 0 saturated heterocycles. The molecule has 0 aliphatic carbocycles. The quantitative estimate of drug-likeness (QED) is 0.180. The first kappa shape index (κ1) is 23.5. The van der Waals surface area contributed by atoms with E-state index in [0.29, 0.717) is 16.9 Å². The Morgan fingerprint density at radius 1 is 0.765 bits per heavy atom. The molecule has 12 heteroatoms. The fraction of sp³-hybridized carbons (Fsp3) is 0.0455. The lowest BCUT2D eigenvalue weighted by Crippen LogP contribution is -2.25. The zero-order valence-corrected chi connectivity index (χ0v) is 17.8. The van der Waals surface area contributed by atoms with Crippen LogP contribution in [0, 0.1) is 20.2 Å². The van der Waals surface area contributed by atoms with E-state index in [1.54, 1.807) is 31.2 Å². The van der Waals surface area contributed by atoms with Crippen molar-refractivity contribution in [1.29, 1.82) is 0 Å². The summed E-state index contributed by atoms with van der Waals surface area (Å²) in [4.78, 5) is 20.6. The molecule has 0 amide bonds. The average Bonchev–Trinajstić information content (AvgIpc) is 2.86. The predicted octanol–water partition coefficient (Wildman–Crippen LogP) is 4.64. The van der Waals surface area contributed by atoms with E-state index < -0.39 is 9.85 Å². The Bertz CT molecular complexity index is 1260. The molecule has 3 aromatic rings. The third kappa shape index (κ3) is 5.97. The van der Waals surface area contributed by atoms with Gasteiger partial charge in [0.2, 0.25) is 0 Å². The third-order valence-corrected chi connectivity index (χ3v) is 4.52. The van der Waals surface area contributed by atoms with Gasteiger partial charge in [-0.15, -0.1) is 0 Å². The van der Waals surface area contributed by atoms with Crippen molar-refractivity contribution >= 4 is 39.9 Å². The summed E-state index contributed by atoms with van der Waals surface area (Å²) in [6.07, 6.45) is 0. The average molecular weight is 461 g/mol. The number of benzene rings is 3. The van der Waals surface area contributed by atoms with Crippen molar-refractivity contribution in [2.75, 3.05) is 10.9 Å². The highest BCUT2D eigenvalue weighted by Gasteiger charge is 2.17. The largest absolute Gasteiger partial charge is 0.410 e. The second-order valence-electron chi connectivity index (χ2n) is 6.80. The molecule has 0 aliphatic heterocycles. The standard InChI is InChI=1S/C22H19N7O5/c1-15(23-24-17-7-11-19(12-8-17)28(31)32)21(27-30)22(16-5-3-2-4-6-16)26-25-18-9-13-20(14-10-18)29(33)34/h2-14,24-25,30H,1H3/b23-15-,26-22-,27-21+. The van der Waals surface area contributed by atoms with Crippen LogP contribution in [0.4, 0.5) is 22.7 Å². The van der Waals surface area contributed by atoms with E-state index in [1.165, 1.54) is 48.5 Å². The number of hydrogen-bond acceptors (Lipinski definition) is 10. The maximum atomic E-state index is 10.8. The number of nitrogens with zero attached hydrogens (tertiary/aromatic N) is 5. The predicted molar refractivity (Wildman–Crippen MR) is 129 cm³/mol. The van der Waals surface area contributed by atoms with Crippen LogP contribution in [0.25, 0.3) is 0 Å². The molecule has 0 unspecified atom stereocenters. The summed E-state index contributed by atoms with van der Waals surface area (Å²) >= 11 is 0. The Morgan fingerprint density at radius 3 is 1.68 bits per heavy atom. The van der Waals surface area contributed by atoms with Crippen LogP contribution in [-0.4, -0.2) is 32.2 Å². The summed E-state index contributed by atoms with van der Waals surface area (Å²) in [5.74, 6) is 0. The smallest absolute Gasteiger partial charge is 0.269 e. The second kappa shape index (κ2) is 10.9. The Labute approximate surface area is 193 Å². The van der Waals surface area contributed by atoms with Gasteiger partial charge >= 0.3 is 0 Å². The van der Waals surface area contributed by atoms with Crippen LogP contribution in [0.2, 0.25) is 0 Å². The molecule has 0 aliphatic rings. The lowest BCUT2D eigenvalue weighted by Gasteiger charge is -2.10. The molecule has 0 spiro atoms. The van der Waals surface area contributed by atoms with Gasteiger partial charge in [-0.3, -0.25) is 31.1 Å². The van der Waals surface area contributed by atoms with Crippen LogP contribution in [0.5, 0.6) is 0 Å². The number of hydrogen-bond donors (Lipinski definition) is 3. The Kier molecular flexibility index (Phi) is 7.58. The Hall–Kier alpha value is -5.13. The molecule has 3 N–H and O–H groups in total. The van der Waals surface area contributed by atoms with E-state index in [1.807, 2.05) is 6.07 Å². The van der Waals surface area contributed by atoms with Gasteiger partial charge in [-0.05, 0) is 31.2 Å². The third-order valence-electron chi connectivity index (χ3n) is 4.52. The van der Waals surface area contributed by atoms with Gasteiger partial charge in [-0.25, -0.2) is 0 Å². The Balaban J connectivity index is 1.87. The summed E-state index contributed by atoms with van der Waals surface area (Å²) in [6, 6.07) is 20.2. The lowest BCUT2D eigenvalue weighted by atomic mass is 10.0. The highest BCUT2D eigenvalue weighted by Crippen LogP contribution is 2.17. The van der Waals surface area contributed by atoms with Gasteiger partial charge in [0, 0.05) is 29.8 Å². The number of non-ortho nitro benzene ring substituents is 2. The number of rotatable bonds is 9.